The van der Waals surface area contributed by atoms with E-state index < -0.39 is 0 Å². The molecule has 0 saturated carbocycles. The Bertz CT molecular complexity index is 198. The quantitative estimate of drug-likeness (QED) is 0.770. The maximum absolute atomic E-state index is 5.91. The molecule has 1 heterocycles. The molecule has 3 unspecified atom stereocenters. The first-order valence-corrected chi connectivity index (χ1v) is 5.99. The van der Waals surface area contributed by atoms with Gasteiger partial charge in [-0.2, -0.15) is 0 Å². The molecular weight excluding hydrogens is 188 g/mol. The Balaban J connectivity index is 2.72. The zero-order chi connectivity index (χ0) is 11.5. The van der Waals surface area contributed by atoms with Crippen molar-refractivity contribution in [3.63, 3.8) is 0 Å². The Hall–Kier alpha value is -0.120. The predicted octanol–water partition coefficient (Wildman–Crippen LogP) is 1.47. The fourth-order valence-corrected chi connectivity index (χ4v) is 2.61. The average Bonchev–Trinajstić information content (AvgIpc) is 2.22. The van der Waals surface area contributed by atoms with Crippen LogP contribution < -0.4 is 5.73 Å². The first-order chi connectivity index (χ1) is 7.03. The summed E-state index contributed by atoms with van der Waals surface area (Å²) in [6.45, 7) is 9.37. The fraction of sp³-hybridized carbons (Fsp3) is 1.00. The third-order valence-corrected chi connectivity index (χ3v) is 3.71. The van der Waals surface area contributed by atoms with E-state index in [9.17, 15) is 0 Å². The topological polar surface area (TPSA) is 38.5 Å². The Morgan fingerprint density at radius 2 is 2.07 bits per heavy atom. The van der Waals surface area contributed by atoms with Gasteiger partial charge in [-0.05, 0) is 32.6 Å². The standard InChI is InChI=1S/C12H26N2O/c1-10-5-6-11(2)14(7-10)12(3,8-13)9-15-4/h10-11H,5-9,13H2,1-4H3. The third kappa shape index (κ3) is 2.92. The van der Waals surface area contributed by atoms with Crippen LogP contribution in [0.2, 0.25) is 0 Å². The van der Waals surface area contributed by atoms with Crippen LogP contribution in [0.5, 0.6) is 0 Å². The summed E-state index contributed by atoms with van der Waals surface area (Å²) in [6, 6.07) is 0.630. The summed E-state index contributed by atoms with van der Waals surface area (Å²) in [5, 5.41) is 0. The van der Waals surface area contributed by atoms with Crippen LogP contribution in [0, 0.1) is 5.92 Å². The van der Waals surface area contributed by atoms with E-state index in [1.165, 1.54) is 12.8 Å². The van der Waals surface area contributed by atoms with Crippen molar-refractivity contribution in [2.24, 2.45) is 11.7 Å². The third-order valence-electron chi connectivity index (χ3n) is 3.71. The minimum absolute atomic E-state index is 0.00282. The molecule has 0 aromatic rings. The zero-order valence-electron chi connectivity index (χ0n) is 10.6. The van der Waals surface area contributed by atoms with Gasteiger partial charge in [0.05, 0.1) is 12.1 Å². The Morgan fingerprint density at radius 3 is 2.60 bits per heavy atom. The van der Waals surface area contributed by atoms with Crippen molar-refractivity contribution in [1.82, 2.24) is 4.90 Å². The molecule has 1 aliphatic heterocycles. The summed E-state index contributed by atoms with van der Waals surface area (Å²) >= 11 is 0. The first kappa shape index (κ1) is 12.9. The van der Waals surface area contributed by atoms with Gasteiger partial charge < -0.3 is 10.5 Å². The molecule has 0 bridgehead atoms. The van der Waals surface area contributed by atoms with E-state index in [4.69, 9.17) is 10.5 Å². The number of nitrogens with two attached hydrogens (primary N) is 1. The Morgan fingerprint density at radius 1 is 1.40 bits per heavy atom. The van der Waals surface area contributed by atoms with Gasteiger partial charge in [0.1, 0.15) is 0 Å². The summed E-state index contributed by atoms with van der Waals surface area (Å²) in [6.07, 6.45) is 2.62. The van der Waals surface area contributed by atoms with Crippen LogP contribution >= 0.6 is 0 Å². The first-order valence-electron chi connectivity index (χ1n) is 5.99. The minimum Gasteiger partial charge on any atom is -0.383 e. The smallest absolute Gasteiger partial charge is 0.0656 e. The van der Waals surface area contributed by atoms with Gasteiger partial charge in [0.15, 0.2) is 0 Å². The number of ether oxygens (including phenoxy) is 1. The van der Waals surface area contributed by atoms with E-state index >= 15 is 0 Å². The summed E-state index contributed by atoms with van der Waals surface area (Å²) in [7, 11) is 1.76. The van der Waals surface area contributed by atoms with Gasteiger partial charge in [0, 0.05) is 26.2 Å². The SMILES string of the molecule is COCC(C)(CN)N1CC(C)CCC1C. The lowest BCUT2D eigenvalue weighted by Gasteiger charge is -2.48. The van der Waals surface area contributed by atoms with Crippen molar-refractivity contribution in [3.05, 3.63) is 0 Å². The summed E-state index contributed by atoms with van der Waals surface area (Å²) in [4.78, 5) is 2.53. The molecule has 3 heteroatoms. The Kier molecular flexibility index (Phi) is 4.56. The van der Waals surface area contributed by atoms with Gasteiger partial charge >= 0.3 is 0 Å². The monoisotopic (exact) mass is 214 g/mol. The molecule has 0 amide bonds. The lowest BCUT2D eigenvalue weighted by Crippen LogP contribution is -2.60. The molecule has 0 aromatic heterocycles. The highest BCUT2D eigenvalue weighted by Crippen LogP contribution is 2.28. The van der Waals surface area contributed by atoms with Crippen molar-refractivity contribution in [2.45, 2.75) is 45.2 Å². The largest absolute Gasteiger partial charge is 0.383 e. The van der Waals surface area contributed by atoms with Crippen molar-refractivity contribution in [2.75, 3.05) is 26.8 Å². The molecule has 3 nitrogen and oxygen atoms in total. The second-order valence-electron chi connectivity index (χ2n) is 5.32. The fourth-order valence-electron chi connectivity index (χ4n) is 2.61. The summed E-state index contributed by atoms with van der Waals surface area (Å²) in [5.41, 5.74) is 5.91. The van der Waals surface area contributed by atoms with Gasteiger partial charge in [0.2, 0.25) is 0 Å². The van der Waals surface area contributed by atoms with Gasteiger partial charge in [-0.3, -0.25) is 4.90 Å². The number of methoxy groups -OCH3 is 1. The molecule has 1 rings (SSSR count). The lowest BCUT2D eigenvalue weighted by molar-refractivity contribution is -0.0245. The predicted molar refractivity (Wildman–Crippen MR) is 63.9 cm³/mol. The maximum Gasteiger partial charge on any atom is 0.0656 e. The average molecular weight is 214 g/mol. The molecule has 0 radical (unpaired) electrons. The molecule has 90 valence electrons. The van der Waals surface area contributed by atoms with Gasteiger partial charge in [0.25, 0.3) is 0 Å². The van der Waals surface area contributed by atoms with Crippen LogP contribution in [-0.4, -0.2) is 43.3 Å². The number of piperidine rings is 1. The molecule has 1 saturated heterocycles. The molecular formula is C12H26N2O. The summed E-state index contributed by atoms with van der Waals surface area (Å²) < 4.78 is 5.31. The molecule has 0 aromatic carbocycles. The van der Waals surface area contributed by atoms with E-state index in [-0.39, 0.29) is 5.54 Å². The van der Waals surface area contributed by atoms with Crippen molar-refractivity contribution < 1.29 is 4.74 Å². The van der Waals surface area contributed by atoms with Crippen LogP contribution in [0.15, 0.2) is 0 Å². The molecule has 1 aliphatic rings. The number of rotatable bonds is 4. The van der Waals surface area contributed by atoms with Crippen LogP contribution in [0.1, 0.15) is 33.6 Å². The lowest BCUT2D eigenvalue weighted by atomic mass is 9.88. The van der Waals surface area contributed by atoms with Gasteiger partial charge in [-0.25, -0.2) is 0 Å². The highest BCUT2D eigenvalue weighted by Gasteiger charge is 2.36. The zero-order valence-corrected chi connectivity index (χ0v) is 10.6. The number of nitrogens with zero attached hydrogens (tertiary/aromatic N) is 1. The highest BCUT2D eigenvalue weighted by atomic mass is 16.5. The maximum atomic E-state index is 5.91. The normalized spacial score (nSPS) is 32.6. The number of hydrogen-bond acceptors (Lipinski definition) is 3. The van der Waals surface area contributed by atoms with Crippen LogP contribution in [0.3, 0.4) is 0 Å². The van der Waals surface area contributed by atoms with E-state index in [0.717, 1.165) is 19.1 Å². The van der Waals surface area contributed by atoms with E-state index in [1.54, 1.807) is 7.11 Å². The molecule has 2 N–H and O–H groups in total. The summed E-state index contributed by atoms with van der Waals surface area (Å²) in [5.74, 6) is 0.781. The van der Waals surface area contributed by atoms with Crippen LogP contribution in [0.25, 0.3) is 0 Å². The highest BCUT2D eigenvalue weighted by molar-refractivity contribution is 4.93. The molecule has 3 atom stereocenters. The Labute approximate surface area is 94.0 Å². The van der Waals surface area contributed by atoms with Gasteiger partial charge in [-0.15, -0.1) is 0 Å². The molecule has 0 aliphatic carbocycles. The second kappa shape index (κ2) is 5.28. The van der Waals surface area contributed by atoms with Crippen molar-refractivity contribution >= 4 is 0 Å². The number of likely N-dealkylation sites (tertiary alicyclic amines) is 1. The minimum atomic E-state index is 0.00282. The van der Waals surface area contributed by atoms with Crippen LogP contribution in [0.4, 0.5) is 0 Å². The van der Waals surface area contributed by atoms with Crippen molar-refractivity contribution in [1.29, 1.82) is 0 Å². The second-order valence-corrected chi connectivity index (χ2v) is 5.32. The van der Waals surface area contributed by atoms with Crippen molar-refractivity contribution in [3.8, 4) is 0 Å². The molecule has 1 fully saturated rings. The van der Waals surface area contributed by atoms with Crippen LogP contribution in [-0.2, 0) is 4.74 Å². The number of hydrogen-bond donors (Lipinski definition) is 1. The van der Waals surface area contributed by atoms with Gasteiger partial charge in [-0.1, -0.05) is 6.92 Å². The van der Waals surface area contributed by atoms with E-state index in [2.05, 4.69) is 25.7 Å². The molecule has 0 spiro atoms. The molecule has 15 heavy (non-hydrogen) atoms. The van der Waals surface area contributed by atoms with E-state index in [0.29, 0.717) is 12.6 Å². The van der Waals surface area contributed by atoms with E-state index in [1.807, 2.05) is 0 Å².